The molecule has 0 atom stereocenters. The average Bonchev–Trinajstić information content (AvgIpc) is 2.05. The first-order chi connectivity index (χ1) is 5.24. The van der Waals surface area contributed by atoms with Gasteiger partial charge in [-0.25, -0.2) is 4.39 Å². The Labute approximate surface area is 64.5 Å². The van der Waals surface area contributed by atoms with Crippen molar-refractivity contribution < 1.29 is 4.39 Å². The third kappa shape index (κ3) is 1.68. The van der Waals surface area contributed by atoms with Crippen molar-refractivity contribution in [2.75, 3.05) is 11.9 Å². The van der Waals surface area contributed by atoms with Crippen LogP contribution in [0.2, 0.25) is 0 Å². The van der Waals surface area contributed by atoms with E-state index in [0.29, 0.717) is 5.69 Å². The molecule has 0 radical (unpaired) electrons. The van der Waals surface area contributed by atoms with E-state index in [9.17, 15) is 4.39 Å². The van der Waals surface area contributed by atoms with Crippen molar-refractivity contribution in [2.45, 2.75) is 0 Å². The van der Waals surface area contributed by atoms with Gasteiger partial charge in [0.2, 0.25) is 0 Å². The molecule has 0 saturated carbocycles. The van der Waals surface area contributed by atoms with Crippen LogP contribution in [-0.2, 0) is 0 Å². The molecule has 1 aromatic carbocycles. The fourth-order valence-corrected chi connectivity index (χ4v) is 0.722. The summed E-state index contributed by atoms with van der Waals surface area (Å²) in [4.78, 5) is 1.36. The minimum Gasteiger partial charge on any atom is -0.283 e. The molecule has 56 valence electrons. The van der Waals surface area contributed by atoms with E-state index in [1.807, 2.05) is 6.19 Å². The van der Waals surface area contributed by atoms with Crippen LogP contribution in [0.15, 0.2) is 24.3 Å². The summed E-state index contributed by atoms with van der Waals surface area (Å²) in [7, 11) is 1.62. The second kappa shape index (κ2) is 3.02. The average molecular weight is 150 g/mol. The van der Waals surface area contributed by atoms with Crippen molar-refractivity contribution in [1.29, 1.82) is 5.26 Å². The molecule has 1 aromatic rings. The number of halogens is 1. The second-order valence-electron chi connectivity index (χ2n) is 2.14. The fraction of sp³-hybridized carbons (Fsp3) is 0.125. The summed E-state index contributed by atoms with van der Waals surface area (Å²) in [6.07, 6.45) is 1.91. The van der Waals surface area contributed by atoms with Crippen LogP contribution >= 0.6 is 0 Å². The monoisotopic (exact) mass is 150 g/mol. The third-order valence-corrected chi connectivity index (χ3v) is 1.36. The zero-order valence-corrected chi connectivity index (χ0v) is 6.08. The Morgan fingerprint density at radius 2 is 1.91 bits per heavy atom. The molecule has 11 heavy (non-hydrogen) atoms. The Bertz CT molecular complexity index is 273. The van der Waals surface area contributed by atoms with Gasteiger partial charge in [0.05, 0.1) is 5.69 Å². The lowest BCUT2D eigenvalue weighted by Crippen LogP contribution is -2.07. The number of nitriles is 1. The minimum atomic E-state index is -0.292. The van der Waals surface area contributed by atoms with Crippen molar-refractivity contribution in [1.82, 2.24) is 0 Å². The van der Waals surface area contributed by atoms with E-state index in [1.54, 1.807) is 19.2 Å². The molecule has 1 rings (SSSR count). The molecule has 2 nitrogen and oxygen atoms in total. The van der Waals surface area contributed by atoms with Crippen LogP contribution in [0.25, 0.3) is 0 Å². The van der Waals surface area contributed by atoms with Crippen molar-refractivity contribution in [3.05, 3.63) is 30.1 Å². The molecule has 0 aliphatic rings. The Kier molecular flexibility index (Phi) is 2.07. The van der Waals surface area contributed by atoms with Gasteiger partial charge in [0.15, 0.2) is 6.19 Å². The van der Waals surface area contributed by atoms with Gasteiger partial charge >= 0.3 is 0 Å². The van der Waals surface area contributed by atoms with Crippen LogP contribution < -0.4 is 4.90 Å². The van der Waals surface area contributed by atoms with Crippen molar-refractivity contribution in [3.63, 3.8) is 0 Å². The van der Waals surface area contributed by atoms with Crippen LogP contribution in [0.4, 0.5) is 10.1 Å². The maximum Gasteiger partial charge on any atom is 0.183 e. The Morgan fingerprint density at radius 1 is 1.36 bits per heavy atom. The fourth-order valence-electron chi connectivity index (χ4n) is 0.722. The molecule has 0 aromatic heterocycles. The number of nitrogens with zero attached hydrogens (tertiary/aromatic N) is 2. The van der Waals surface area contributed by atoms with Crippen molar-refractivity contribution in [2.24, 2.45) is 0 Å². The van der Waals surface area contributed by atoms with Gasteiger partial charge in [-0.15, -0.1) is 0 Å². The summed E-state index contributed by atoms with van der Waals surface area (Å²) < 4.78 is 12.4. The van der Waals surface area contributed by atoms with E-state index in [1.165, 1.54) is 17.0 Å². The van der Waals surface area contributed by atoms with E-state index in [2.05, 4.69) is 0 Å². The highest BCUT2D eigenvalue weighted by Crippen LogP contribution is 2.11. The third-order valence-electron chi connectivity index (χ3n) is 1.36. The second-order valence-corrected chi connectivity index (χ2v) is 2.14. The standard InChI is InChI=1S/C8H7FN2/c1-11(6-10)8-4-2-7(9)3-5-8/h2-5H,1H3. The predicted octanol–water partition coefficient (Wildman–Crippen LogP) is 1.74. The topological polar surface area (TPSA) is 27.0 Å². The lowest BCUT2D eigenvalue weighted by atomic mass is 10.3. The molecule has 0 aliphatic carbocycles. The number of anilines is 1. The summed E-state index contributed by atoms with van der Waals surface area (Å²) in [6, 6.07) is 5.75. The van der Waals surface area contributed by atoms with Gasteiger partial charge in [0.25, 0.3) is 0 Å². The number of hydrogen-bond acceptors (Lipinski definition) is 2. The highest BCUT2D eigenvalue weighted by Gasteiger charge is 1.96. The number of rotatable bonds is 1. The normalized spacial score (nSPS) is 8.82. The highest BCUT2D eigenvalue weighted by molar-refractivity contribution is 5.48. The zero-order valence-electron chi connectivity index (χ0n) is 6.08. The van der Waals surface area contributed by atoms with E-state index < -0.39 is 0 Å². The molecule has 0 amide bonds. The first-order valence-corrected chi connectivity index (χ1v) is 3.13. The summed E-state index contributed by atoms with van der Waals surface area (Å²) in [5.74, 6) is -0.292. The summed E-state index contributed by atoms with van der Waals surface area (Å²) in [6.45, 7) is 0. The van der Waals surface area contributed by atoms with Crippen molar-refractivity contribution >= 4 is 5.69 Å². The van der Waals surface area contributed by atoms with Gasteiger partial charge in [0, 0.05) is 7.05 Å². The maximum absolute atomic E-state index is 12.4. The van der Waals surface area contributed by atoms with Crippen LogP contribution in [0.5, 0.6) is 0 Å². The first-order valence-electron chi connectivity index (χ1n) is 3.13. The molecule has 0 fully saturated rings. The van der Waals surface area contributed by atoms with E-state index >= 15 is 0 Å². The predicted molar refractivity (Wildman–Crippen MR) is 40.4 cm³/mol. The minimum absolute atomic E-state index is 0.292. The molecule has 0 spiro atoms. The Hall–Kier alpha value is -1.56. The molecule has 0 aliphatic heterocycles. The molecular weight excluding hydrogens is 143 g/mol. The van der Waals surface area contributed by atoms with E-state index in [4.69, 9.17) is 5.26 Å². The summed E-state index contributed by atoms with van der Waals surface area (Å²) in [5, 5.41) is 8.44. The van der Waals surface area contributed by atoms with Crippen LogP contribution in [0.1, 0.15) is 0 Å². The van der Waals surface area contributed by atoms with E-state index in [-0.39, 0.29) is 5.82 Å². The Balaban J connectivity index is 2.92. The Morgan fingerprint density at radius 3 is 2.36 bits per heavy atom. The van der Waals surface area contributed by atoms with Crippen LogP contribution in [-0.4, -0.2) is 7.05 Å². The van der Waals surface area contributed by atoms with Gasteiger partial charge in [0.1, 0.15) is 5.82 Å². The van der Waals surface area contributed by atoms with Crippen LogP contribution in [0.3, 0.4) is 0 Å². The molecule has 0 unspecified atom stereocenters. The smallest absolute Gasteiger partial charge is 0.183 e. The largest absolute Gasteiger partial charge is 0.283 e. The first kappa shape index (κ1) is 7.55. The number of benzene rings is 1. The van der Waals surface area contributed by atoms with Gasteiger partial charge in [-0.3, -0.25) is 4.90 Å². The molecule has 3 heteroatoms. The summed E-state index contributed by atoms with van der Waals surface area (Å²) in [5.41, 5.74) is 0.689. The highest BCUT2D eigenvalue weighted by atomic mass is 19.1. The van der Waals surface area contributed by atoms with Gasteiger partial charge in [-0.1, -0.05) is 0 Å². The van der Waals surface area contributed by atoms with Gasteiger partial charge < -0.3 is 0 Å². The zero-order chi connectivity index (χ0) is 8.27. The number of hydrogen-bond donors (Lipinski definition) is 0. The summed E-state index contributed by atoms with van der Waals surface area (Å²) >= 11 is 0. The molecule has 0 heterocycles. The maximum atomic E-state index is 12.4. The van der Waals surface area contributed by atoms with Crippen molar-refractivity contribution in [3.8, 4) is 6.19 Å². The van der Waals surface area contributed by atoms with Gasteiger partial charge in [-0.2, -0.15) is 5.26 Å². The quantitative estimate of drug-likeness (QED) is 0.450. The SMILES string of the molecule is CN(C#N)c1ccc(F)cc1. The molecule has 0 saturated heterocycles. The molecule has 0 N–H and O–H groups in total. The van der Waals surface area contributed by atoms with Gasteiger partial charge in [-0.05, 0) is 24.3 Å². The lowest BCUT2D eigenvalue weighted by molar-refractivity contribution is 0.628. The van der Waals surface area contributed by atoms with Crippen LogP contribution in [0, 0.1) is 17.3 Å². The molecule has 0 bridgehead atoms. The van der Waals surface area contributed by atoms with E-state index in [0.717, 1.165) is 0 Å². The lowest BCUT2D eigenvalue weighted by Gasteiger charge is -2.06. The molecular formula is C8H7FN2.